The zero-order chi connectivity index (χ0) is 12.3. The molecule has 3 nitrogen and oxygen atoms in total. The summed E-state index contributed by atoms with van der Waals surface area (Å²) in [6, 6.07) is 5.55. The van der Waals surface area contributed by atoms with Gasteiger partial charge in [-0.15, -0.1) is 0 Å². The number of aryl methyl sites for hydroxylation is 1. The summed E-state index contributed by atoms with van der Waals surface area (Å²) >= 11 is 2.23. The lowest BCUT2D eigenvalue weighted by molar-refractivity contribution is 0.0869. The van der Waals surface area contributed by atoms with E-state index < -0.39 is 5.54 Å². The zero-order valence-corrected chi connectivity index (χ0v) is 11.8. The number of aliphatic hydroxyl groups is 1. The highest BCUT2D eigenvalue weighted by molar-refractivity contribution is 14.1. The lowest BCUT2D eigenvalue weighted by Gasteiger charge is -2.23. The lowest BCUT2D eigenvalue weighted by atomic mass is 10.1. The topological polar surface area (TPSA) is 49.3 Å². The number of carbonyl (C=O) groups excluding carboxylic acids is 1. The van der Waals surface area contributed by atoms with E-state index in [0.29, 0.717) is 5.56 Å². The molecule has 88 valence electrons. The molecule has 1 rings (SSSR count). The van der Waals surface area contributed by atoms with Crippen molar-refractivity contribution in [3.63, 3.8) is 0 Å². The summed E-state index contributed by atoms with van der Waals surface area (Å²) in [6.45, 7) is 5.45. The van der Waals surface area contributed by atoms with Crippen molar-refractivity contribution >= 4 is 28.5 Å². The summed E-state index contributed by atoms with van der Waals surface area (Å²) in [6.07, 6.45) is 0. The molecule has 0 aromatic heterocycles. The molecule has 0 aliphatic rings. The summed E-state index contributed by atoms with van der Waals surface area (Å²) in [7, 11) is 0. The molecule has 0 spiro atoms. The van der Waals surface area contributed by atoms with E-state index in [1.807, 2.05) is 19.1 Å². The second-order valence-electron chi connectivity index (χ2n) is 4.46. The Morgan fingerprint density at radius 2 is 2.12 bits per heavy atom. The first-order valence-electron chi connectivity index (χ1n) is 5.05. The molecule has 1 aromatic rings. The van der Waals surface area contributed by atoms with Crippen molar-refractivity contribution in [2.75, 3.05) is 6.61 Å². The Bertz CT molecular complexity index is 402. The zero-order valence-electron chi connectivity index (χ0n) is 9.67. The number of rotatable bonds is 3. The van der Waals surface area contributed by atoms with E-state index in [0.717, 1.165) is 9.13 Å². The Morgan fingerprint density at radius 1 is 1.50 bits per heavy atom. The smallest absolute Gasteiger partial charge is 0.251 e. The van der Waals surface area contributed by atoms with Gasteiger partial charge in [0.25, 0.3) is 5.91 Å². The van der Waals surface area contributed by atoms with Crippen LogP contribution in [0.4, 0.5) is 0 Å². The quantitative estimate of drug-likeness (QED) is 0.833. The maximum atomic E-state index is 11.9. The highest BCUT2D eigenvalue weighted by Crippen LogP contribution is 2.14. The Labute approximate surface area is 109 Å². The van der Waals surface area contributed by atoms with Gasteiger partial charge in [0.2, 0.25) is 0 Å². The molecule has 0 bridgehead atoms. The molecular formula is C12H16INO2. The fraction of sp³-hybridized carbons (Fsp3) is 0.417. The van der Waals surface area contributed by atoms with Gasteiger partial charge in [-0.3, -0.25) is 4.79 Å². The van der Waals surface area contributed by atoms with Gasteiger partial charge in [0, 0.05) is 9.13 Å². The molecule has 0 unspecified atom stereocenters. The Kier molecular flexibility index (Phi) is 4.32. The average molecular weight is 333 g/mol. The van der Waals surface area contributed by atoms with Crippen LogP contribution in [0.1, 0.15) is 29.8 Å². The molecule has 1 amide bonds. The minimum absolute atomic E-state index is 0.0813. The highest BCUT2D eigenvalue weighted by Gasteiger charge is 2.20. The molecular weight excluding hydrogens is 317 g/mol. The molecule has 0 fully saturated rings. The van der Waals surface area contributed by atoms with Gasteiger partial charge in [-0.05, 0) is 67.1 Å². The van der Waals surface area contributed by atoms with E-state index in [1.54, 1.807) is 19.9 Å². The van der Waals surface area contributed by atoms with Gasteiger partial charge in [0.05, 0.1) is 12.1 Å². The van der Waals surface area contributed by atoms with E-state index in [1.165, 1.54) is 0 Å². The van der Waals surface area contributed by atoms with Crippen molar-refractivity contribution in [1.29, 1.82) is 0 Å². The summed E-state index contributed by atoms with van der Waals surface area (Å²) in [5.74, 6) is -0.154. The van der Waals surface area contributed by atoms with Crippen LogP contribution in [-0.2, 0) is 0 Å². The standard InChI is InChI=1S/C12H16INO2/c1-8-6-9(4-5-10(8)13)11(16)14-12(2,3)7-15/h4-6,15H,7H2,1-3H3,(H,14,16). The average Bonchev–Trinajstić information content (AvgIpc) is 2.21. The molecule has 0 saturated heterocycles. The van der Waals surface area contributed by atoms with Crippen molar-refractivity contribution in [2.45, 2.75) is 26.3 Å². The highest BCUT2D eigenvalue weighted by atomic mass is 127. The van der Waals surface area contributed by atoms with Gasteiger partial charge in [-0.2, -0.15) is 0 Å². The van der Waals surface area contributed by atoms with Crippen LogP contribution in [-0.4, -0.2) is 23.2 Å². The molecule has 2 N–H and O–H groups in total. The molecule has 0 aliphatic carbocycles. The van der Waals surface area contributed by atoms with Gasteiger partial charge < -0.3 is 10.4 Å². The number of halogens is 1. The first-order chi connectivity index (χ1) is 7.35. The van der Waals surface area contributed by atoms with E-state index in [4.69, 9.17) is 5.11 Å². The van der Waals surface area contributed by atoms with Crippen LogP contribution >= 0.6 is 22.6 Å². The van der Waals surface area contributed by atoms with Crippen molar-refractivity contribution in [2.24, 2.45) is 0 Å². The van der Waals surface area contributed by atoms with Crippen LogP contribution in [0, 0.1) is 10.5 Å². The number of benzene rings is 1. The van der Waals surface area contributed by atoms with Crippen molar-refractivity contribution in [3.8, 4) is 0 Å². The number of amides is 1. The Hall–Kier alpha value is -0.620. The second-order valence-corrected chi connectivity index (χ2v) is 5.62. The first kappa shape index (κ1) is 13.4. The van der Waals surface area contributed by atoms with E-state index >= 15 is 0 Å². The second kappa shape index (κ2) is 5.14. The third-order valence-corrected chi connectivity index (χ3v) is 3.48. The molecule has 0 saturated carbocycles. The number of nitrogens with one attached hydrogen (secondary N) is 1. The van der Waals surface area contributed by atoms with Gasteiger partial charge in [-0.1, -0.05) is 0 Å². The number of carbonyl (C=O) groups is 1. The predicted octanol–water partition coefficient (Wildman–Crippen LogP) is 2.10. The summed E-state index contributed by atoms with van der Waals surface area (Å²) < 4.78 is 1.13. The molecule has 0 aliphatic heterocycles. The van der Waals surface area contributed by atoms with E-state index in [9.17, 15) is 4.79 Å². The first-order valence-corrected chi connectivity index (χ1v) is 6.13. The molecule has 0 atom stereocenters. The molecule has 0 radical (unpaired) electrons. The predicted molar refractivity (Wildman–Crippen MR) is 72.5 cm³/mol. The molecule has 0 heterocycles. The summed E-state index contributed by atoms with van der Waals surface area (Å²) in [5, 5.41) is 11.9. The minimum atomic E-state index is -0.589. The van der Waals surface area contributed by atoms with Gasteiger partial charge >= 0.3 is 0 Å². The number of hydrogen-bond acceptors (Lipinski definition) is 2. The fourth-order valence-electron chi connectivity index (χ4n) is 1.20. The fourth-order valence-corrected chi connectivity index (χ4v) is 1.54. The van der Waals surface area contributed by atoms with Crippen LogP contribution in [0.2, 0.25) is 0 Å². The molecule has 1 aromatic carbocycles. The summed E-state index contributed by atoms with van der Waals surface area (Å²) in [5.41, 5.74) is 1.11. The number of hydrogen-bond donors (Lipinski definition) is 2. The maximum absolute atomic E-state index is 11.9. The lowest BCUT2D eigenvalue weighted by Crippen LogP contribution is -2.46. The summed E-state index contributed by atoms with van der Waals surface area (Å²) in [4.78, 5) is 11.9. The van der Waals surface area contributed by atoms with E-state index in [2.05, 4.69) is 27.9 Å². The van der Waals surface area contributed by atoms with Crippen molar-refractivity contribution in [3.05, 3.63) is 32.9 Å². The van der Waals surface area contributed by atoms with Gasteiger partial charge in [-0.25, -0.2) is 0 Å². The third kappa shape index (κ3) is 3.45. The normalized spacial score (nSPS) is 11.3. The largest absolute Gasteiger partial charge is 0.394 e. The minimum Gasteiger partial charge on any atom is -0.394 e. The third-order valence-electron chi connectivity index (χ3n) is 2.27. The van der Waals surface area contributed by atoms with Gasteiger partial charge in [0.15, 0.2) is 0 Å². The SMILES string of the molecule is Cc1cc(C(=O)NC(C)(C)CO)ccc1I. The van der Waals surface area contributed by atoms with Crippen molar-refractivity contribution in [1.82, 2.24) is 5.32 Å². The monoisotopic (exact) mass is 333 g/mol. The number of aliphatic hydroxyl groups excluding tert-OH is 1. The Morgan fingerprint density at radius 3 is 2.62 bits per heavy atom. The van der Waals surface area contributed by atoms with Crippen LogP contribution in [0.5, 0.6) is 0 Å². The molecule has 4 heteroatoms. The van der Waals surface area contributed by atoms with Crippen LogP contribution in [0.3, 0.4) is 0 Å². The van der Waals surface area contributed by atoms with Crippen LogP contribution in [0.15, 0.2) is 18.2 Å². The van der Waals surface area contributed by atoms with E-state index in [-0.39, 0.29) is 12.5 Å². The van der Waals surface area contributed by atoms with Crippen LogP contribution in [0.25, 0.3) is 0 Å². The maximum Gasteiger partial charge on any atom is 0.251 e. The van der Waals surface area contributed by atoms with Gasteiger partial charge in [0.1, 0.15) is 0 Å². The molecule has 16 heavy (non-hydrogen) atoms. The Balaban J connectivity index is 2.85. The van der Waals surface area contributed by atoms with Crippen LogP contribution < -0.4 is 5.32 Å². The van der Waals surface area contributed by atoms with Crippen molar-refractivity contribution < 1.29 is 9.90 Å².